The van der Waals surface area contributed by atoms with E-state index in [1.165, 1.54) is 23.9 Å². The van der Waals surface area contributed by atoms with Crippen molar-refractivity contribution in [2.24, 2.45) is 0 Å². The number of fused-ring (bicyclic) bond motifs is 1. The minimum atomic E-state index is -1.03. The van der Waals surface area contributed by atoms with E-state index in [1.807, 2.05) is 31.2 Å². The number of benzene rings is 2. The zero-order valence-corrected chi connectivity index (χ0v) is 18.3. The number of carbonyl (C=O) groups excluding carboxylic acids is 2. The first kappa shape index (κ1) is 21.8. The predicted molar refractivity (Wildman–Crippen MR) is 121 cm³/mol. The number of rotatable bonds is 5. The summed E-state index contributed by atoms with van der Waals surface area (Å²) in [6.45, 7) is 3.73. The van der Waals surface area contributed by atoms with Crippen molar-refractivity contribution >= 4 is 35.1 Å². The van der Waals surface area contributed by atoms with Gasteiger partial charge in [0, 0.05) is 17.9 Å². The highest BCUT2D eigenvalue weighted by Gasteiger charge is 2.35. The average molecular weight is 453 g/mol. The molecule has 164 valence electrons. The Labute approximate surface area is 187 Å². The van der Waals surface area contributed by atoms with E-state index in [0.29, 0.717) is 16.5 Å². The number of hydrogen-bond donors (Lipinski definition) is 3. The highest BCUT2D eigenvalue weighted by atomic mass is 32.2. The number of thioether (sulfide) groups is 1. The van der Waals surface area contributed by atoms with Crippen molar-refractivity contribution in [3.8, 4) is 0 Å². The normalized spacial score (nSPS) is 15.1. The van der Waals surface area contributed by atoms with Gasteiger partial charge in [-0.05, 0) is 42.7 Å². The molecule has 1 aromatic heterocycles. The fourth-order valence-corrected chi connectivity index (χ4v) is 4.45. The highest BCUT2D eigenvalue weighted by molar-refractivity contribution is 7.98. The van der Waals surface area contributed by atoms with E-state index >= 15 is 0 Å². The Kier molecular flexibility index (Phi) is 6.09. The Morgan fingerprint density at radius 2 is 1.97 bits per heavy atom. The molecule has 2 amide bonds. The van der Waals surface area contributed by atoms with E-state index in [-0.39, 0.29) is 23.5 Å². The molecule has 0 aliphatic carbocycles. The smallest absolute Gasteiger partial charge is 0.257 e. The molecule has 2 heterocycles. The molecule has 0 radical (unpaired) electrons. The minimum absolute atomic E-state index is 0.0772. The van der Waals surface area contributed by atoms with Gasteiger partial charge in [-0.3, -0.25) is 14.4 Å². The van der Waals surface area contributed by atoms with Crippen LogP contribution >= 0.6 is 11.8 Å². The van der Waals surface area contributed by atoms with E-state index in [4.69, 9.17) is 0 Å². The van der Waals surface area contributed by atoms with Gasteiger partial charge in [0.15, 0.2) is 5.16 Å². The minimum Gasteiger partial charge on any atom is -0.325 e. The summed E-state index contributed by atoms with van der Waals surface area (Å²) in [5.41, 5.74) is 2.78. The van der Waals surface area contributed by atoms with Crippen LogP contribution in [0.25, 0.3) is 0 Å². The Morgan fingerprint density at radius 3 is 2.75 bits per heavy atom. The lowest BCUT2D eigenvalue weighted by Gasteiger charge is -2.23. The Hall–Kier alpha value is -3.46. The van der Waals surface area contributed by atoms with Gasteiger partial charge in [-0.15, -0.1) is 0 Å². The third-order valence-electron chi connectivity index (χ3n) is 5.33. The Bertz CT molecular complexity index is 1270. The molecule has 0 saturated heterocycles. The topological polar surface area (TPSA) is 104 Å². The number of amides is 2. The fraction of sp³-hybridized carbons (Fsp3) is 0.217. The number of anilines is 2. The van der Waals surface area contributed by atoms with E-state index < -0.39 is 29.1 Å². The summed E-state index contributed by atoms with van der Waals surface area (Å²) in [6, 6.07) is 11.9. The molecule has 2 aromatic carbocycles. The van der Waals surface area contributed by atoms with Crippen molar-refractivity contribution in [1.82, 2.24) is 9.97 Å². The molecule has 0 fully saturated rings. The molecule has 4 rings (SSSR count). The van der Waals surface area contributed by atoms with Crippen LogP contribution in [0.4, 0.5) is 15.9 Å². The molecule has 3 aromatic rings. The molecular weight excluding hydrogens is 431 g/mol. The van der Waals surface area contributed by atoms with Gasteiger partial charge in [0.25, 0.3) is 5.56 Å². The highest BCUT2D eigenvalue weighted by Crippen LogP contribution is 2.31. The molecule has 32 heavy (non-hydrogen) atoms. The monoisotopic (exact) mass is 452 g/mol. The molecule has 0 unspecified atom stereocenters. The number of carbonyl (C=O) groups is 2. The van der Waals surface area contributed by atoms with Gasteiger partial charge in [0.2, 0.25) is 11.8 Å². The van der Waals surface area contributed by atoms with Gasteiger partial charge in [0.05, 0.1) is 11.5 Å². The number of H-pyrrole nitrogens is 1. The Balaban J connectivity index is 1.60. The second kappa shape index (κ2) is 8.96. The quantitative estimate of drug-likeness (QED) is 0.403. The number of aromatic amines is 1. The summed E-state index contributed by atoms with van der Waals surface area (Å²) in [5, 5.41) is 5.58. The van der Waals surface area contributed by atoms with Gasteiger partial charge in [-0.1, -0.05) is 42.1 Å². The van der Waals surface area contributed by atoms with Crippen molar-refractivity contribution in [3.05, 3.63) is 80.9 Å². The summed E-state index contributed by atoms with van der Waals surface area (Å²) < 4.78 is 13.6. The molecular formula is C23H21FN4O3S. The van der Waals surface area contributed by atoms with Gasteiger partial charge < -0.3 is 15.6 Å². The van der Waals surface area contributed by atoms with Crippen LogP contribution in [0.1, 0.15) is 34.6 Å². The maximum absolute atomic E-state index is 13.6. The van der Waals surface area contributed by atoms with Gasteiger partial charge in [-0.2, -0.15) is 0 Å². The lowest BCUT2D eigenvalue weighted by atomic mass is 9.92. The van der Waals surface area contributed by atoms with Gasteiger partial charge in [0.1, 0.15) is 11.6 Å². The number of aryl methyl sites for hydroxylation is 2. The van der Waals surface area contributed by atoms with Crippen LogP contribution in [-0.2, 0) is 15.3 Å². The Morgan fingerprint density at radius 1 is 1.19 bits per heavy atom. The third kappa shape index (κ3) is 4.57. The van der Waals surface area contributed by atoms with Gasteiger partial charge in [-0.25, -0.2) is 9.37 Å². The molecule has 0 spiro atoms. The van der Waals surface area contributed by atoms with E-state index in [9.17, 15) is 18.8 Å². The number of nitrogens with zero attached hydrogens (tertiary/aromatic N) is 1. The molecule has 1 atom stereocenters. The summed E-state index contributed by atoms with van der Waals surface area (Å²) in [4.78, 5) is 45.1. The predicted octanol–water partition coefficient (Wildman–Crippen LogP) is 3.88. The third-order valence-corrected chi connectivity index (χ3v) is 6.25. The van der Waals surface area contributed by atoms with Gasteiger partial charge >= 0.3 is 0 Å². The molecule has 0 saturated carbocycles. The zero-order valence-electron chi connectivity index (χ0n) is 17.5. The number of halogens is 1. The van der Waals surface area contributed by atoms with Crippen LogP contribution in [-0.4, -0.2) is 21.8 Å². The standard InChI is InChI=1S/C23H21FN4O3S/c1-12-5-3-4-6-14(12)11-32-23-27-20-19(22(31)28-23)16(10-18(29)26-20)21(30)25-17-9-15(24)8-7-13(17)2/h3-9,16H,10-11H2,1-2H3,(H,25,30)(H2,26,27,28,29,31)/t16-/m1/s1. The van der Waals surface area contributed by atoms with E-state index in [1.54, 1.807) is 13.0 Å². The molecule has 3 N–H and O–H groups in total. The van der Waals surface area contributed by atoms with Crippen LogP contribution in [0.3, 0.4) is 0 Å². The summed E-state index contributed by atoms with van der Waals surface area (Å²) in [7, 11) is 0. The first-order chi connectivity index (χ1) is 15.3. The zero-order chi connectivity index (χ0) is 22.8. The number of aromatic nitrogens is 2. The molecule has 9 heteroatoms. The van der Waals surface area contributed by atoms with Crippen LogP contribution in [0.15, 0.2) is 52.4 Å². The van der Waals surface area contributed by atoms with E-state index in [0.717, 1.165) is 11.1 Å². The maximum atomic E-state index is 13.6. The molecule has 7 nitrogen and oxygen atoms in total. The first-order valence-electron chi connectivity index (χ1n) is 10.00. The van der Waals surface area contributed by atoms with Crippen molar-refractivity contribution in [2.75, 3.05) is 10.6 Å². The first-order valence-corrected chi connectivity index (χ1v) is 11.0. The maximum Gasteiger partial charge on any atom is 0.257 e. The van der Waals surface area contributed by atoms with Crippen molar-refractivity contribution in [3.63, 3.8) is 0 Å². The number of nitrogens with one attached hydrogen (secondary N) is 3. The second-order valence-electron chi connectivity index (χ2n) is 7.60. The molecule has 1 aliphatic heterocycles. The lowest BCUT2D eigenvalue weighted by Crippen LogP contribution is -2.36. The largest absolute Gasteiger partial charge is 0.325 e. The van der Waals surface area contributed by atoms with Crippen molar-refractivity contribution in [1.29, 1.82) is 0 Å². The van der Waals surface area contributed by atoms with Crippen LogP contribution in [0, 0.1) is 19.7 Å². The average Bonchev–Trinajstić information content (AvgIpc) is 2.75. The van der Waals surface area contributed by atoms with Crippen molar-refractivity contribution in [2.45, 2.75) is 37.1 Å². The lowest BCUT2D eigenvalue weighted by molar-refractivity contribution is -0.123. The fourth-order valence-electron chi connectivity index (χ4n) is 3.51. The van der Waals surface area contributed by atoms with Crippen LogP contribution < -0.4 is 16.2 Å². The van der Waals surface area contributed by atoms with E-state index in [2.05, 4.69) is 20.6 Å². The number of hydrogen-bond acceptors (Lipinski definition) is 5. The summed E-state index contributed by atoms with van der Waals surface area (Å²) >= 11 is 1.33. The molecule has 0 bridgehead atoms. The second-order valence-corrected chi connectivity index (χ2v) is 8.57. The SMILES string of the molecule is Cc1ccccc1CSc1nc2c(c(=O)[nH]1)[C@H](C(=O)Nc1cc(F)ccc1C)CC(=O)N2. The summed E-state index contributed by atoms with van der Waals surface area (Å²) in [5.74, 6) is -1.85. The van der Waals surface area contributed by atoms with Crippen molar-refractivity contribution < 1.29 is 14.0 Å². The van der Waals surface area contributed by atoms with Crippen LogP contribution in [0.2, 0.25) is 0 Å². The molecule has 1 aliphatic rings. The summed E-state index contributed by atoms with van der Waals surface area (Å²) in [6.07, 6.45) is -0.201. The van der Waals surface area contributed by atoms with Crippen LogP contribution in [0.5, 0.6) is 0 Å².